The van der Waals surface area contributed by atoms with Crippen LogP contribution < -0.4 is 9.47 Å². The molecular weight excluding hydrogens is 195 g/mol. The number of rotatable bonds is 0. The van der Waals surface area contributed by atoms with E-state index in [4.69, 9.17) is 9.47 Å². The van der Waals surface area contributed by atoms with E-state index in [-0.39, 0.29) is 16.8 Å². The van der Waals surface area contributed by atoms with Crippen LogP contribution in [0.25, 0.3) is 0 Å². The Balaban J connectivity index is 0.000000500. The van der Waals surface area contributed by atoms with Crippen LogP contribution in [0.15, 0.2) is 10.8 Å². The molecule has 0 unspecified atom stereocenters. The molecule has 0 fully saturated rings. The van der Waals surface area contributed by atoms with Gasteiger partial charge in [-0.2, -0.15) is 0 Å². The molecule has 2 heterocycles. The van der Waals surface area contributed by atoms with E-state index in [1.807, 2.05) is 10.8 Å². The molecule has 0 bridgehead atoms. The van der Waals surface area contributed by atoms with Crippen molar-refractivity contribution in [3.63, 3.8) is 0 Å². The van der Waals surface area contributed by atoms with Crippen molar-refractivity contribution < 1.29 is 26.3 Å². The molecule has 1 radical (unpaired) electrons. The van der Waals surface area contributed by atoms with Crippen molar-refractivity contribution in [2.45, 2.75) is 0 Å². The fourth-order valence-electron chi connectivity index (χ4n) is 0.787. The molecule has 0 saturated carbocycles. The fourth-order valence-corrected chi connectivity index (χ4v) is 1.47. The normalized spacial score (nSPS) is 14.0. The summed E-state index contributed by atoms with van der Waals surface area (Å²) in [6.45, 7) is 1.37. The Hall–Kier alpha value is -0.194. The van der Waals surface area contributed by atoms with E-state index in [1.165, 1.54) is 0 Å². The van der Waals surface area contributed by atoms with Gasteiger partial charge in [0.25, 0.3) is 0 Å². The molecule has 0 aliphatic carbocycles. The maximum atomic E-state index is 5.25. The van der Waals surface area contributed by atoms with E-state index in [0.29, 0.717) is 13.2 Å². The van der Waals surface area contributed by atoms with E-state index in [1.54, 1.807) is 11.3 Å². The third-order valence-corrected chi connectivity index (χ3v) is 1.89. The largest absolute Gasteiger partial charge is 0.485 e. The molecule has 1 aromatic heterocycles. The van der Waals surface area contributed by atoms with Crippen molar-refractivity contribution in [2.24, 2.45) is 0 Å². The Morgan fingerprint density at radius 1 is 1.10 bits per heavy atom. The van der Waals surface area contributed by atoms with Gasteiger partial charge in [-0.25, -0.2) is 0 Å². The summed E-state index contributed by atoms with van der Waals surface area (Å²) in [6.07, 6.45) is 0. The van der Waals surface area contributed by atoms with Crippen LogP contribution in [0.5, 0.6) is 11.5 Å². The van der Waals surface area contributed by atoms with Crippen molar-refractivity contribution in [3.8, 4) is 11.5 Å². The molecule has 0 N–H and O–H groups in total. The maximum Gasteiger partial charge on any atom is 0.172 e. The minimum Gasteiger partial charge on any atom is -0.485 e. The van der Waals surface area contributed by atoms with Gasteiger partial charge in [0.05, 0.1) is 0 Å². The van der Waals surface area contributed by atoms with E-state index in [2.05, 4.69) is 0 Å². The average molecular weight is 201 g/mol. The second kappa shape index (κ2) is 3.27. The molecule has 2 nitrogen and oxygen atoms in total. The second-order valence-corrected chi connectivity index (χ2v) is 2.54. The Bertz CT molecular complexity index is 191. The number of thiophene rings is 1. The maximum absolute atomic E-state index is 5.25. The summed E-state index contributed by atoms with van der Waals surface area (Å²) in [7, 11) is 0. The van der Waals surface area contributed by atoms with Crippen LogP contribution >= 0.6 is 11.3 Å². The molecule has 1 aromatic rings. The molecule has 2 rings (SSSR count). The molecule has 57 valence electrons. The molecular formula is C6H6CoO2S. The molecule has 0 atom stereocenters. The van der Waals surface area contributed by atoms with Crippen LogP contribution in [0.3, 0.4) is 0 Å². The summed E-state index contributed by atoms with van der Waals surface area (Å²) in [5.41, 5.74) is 0. The fraction of sp³-hybridized carbons (Fsp3) is 0.333. The molecule has 1 aliphatic rings. The van der Waals surface area contributed by atoms with Crippen LogP contribution in [0.4, 0.5) is 0 Å². The third kappa shape index (κ3) is 1.28. The molecule has 0 saturated heterocycles. The zero-order valence-electron chi connectivity index (χ0n) is 5.13. The summed E-state index contributed by atoms with van der Waals surface area (Å²) < 4.78 is 10.5. The van der Waals surface area contributed by atoms with Crippen molar-refractivity contribution >= 4 is 11.3 Å². The zero-order chi connectivity index (χ0) is 6.10. The third-order valence-electron chi connectivity index (χ3n) is 1.19. The average Bonchev–Trinajstić information content (AvgIpc) is 2.33. The van der Waals surface area contributed by atoms with E-state index >= 15 is 0 Å². The summed E-state index contributed by atoms with van der Waals surface area (Å²) in [6, 6.07) is 0. The molecule has 1 aliphatic heterocycles. The summed E-state index contributed by atoms with van der Waals surface area (Å²) >= 11 is 1.61. The van der Waals surface area contributed by atoms with Gasteiger partial charge in [0, 0.05) is 27.5 Å². The topological polar surface area (TPSA) is 18.5 Å². The first-order valence-electron chi connectivity index (χ1n) is 2.78. The monoisotopic (exact) mass is 201 g/mol. The summed E-state index contributed by atoms with van der Waals surface area (Å²) in [5, 5.41) is 3.91. The SMILES string of the molecule is [Co].c1scc2c1OCCO2. The molecule has 10 heavy (non-hydrogen) atoms. The van der Waals surface area contributed by atoms with Gasteiger partial charge < -0.3 is 9.47 Å². The van der Waals surface area contributed by atoms with Crippen LogP contribution in [0.2, 0.25) is 0 Å². The Labute approximate surface area is 73.3 Å². The summed E-state index contributed by atoms with van der Waals surface area (Å²) in [4.78, 5) is 0. The second-order valence-electron chi connectivity index (χ2n) is 1.80. The van der Waals surface area contributed by atoms with E-state index in [0.717, 1.165) is 11.5 Å². The minimum absolute atomic E-state index is 0. The molecule has 4 heteroatoms. The van der Waals surface area contributed by atoms with Gasteiger partial charge in [0.1, 0.15) is 13.2 Å². The van der Waals surface area contributed by atoms with Crippen LogP contribution in [0, 0.1) is 0 Å². The van der Waals surface area contributed by atoms with Crippen LogP contribution in [-0.2, 0) is 16.8 Å². The molecule has 0 aromatic carbocycles. The number of ether oxygens (including phenoxy) is 2. The van der Waals surface area contributed by atoms with Gasteiger partial charge in [0.2, 0.25) is 0 Å². The number of hydrogen-bond acceptors (Lipinski definition) is 3. The first-order chi connectivity index (χ1) is 4.47. The molecule has 0 amide bonds. The summed E-state index contributed by atoms with van der Waals surface area (Å²) in [5.74, 6) is 1.79. The van der Waals surface area contributed by atoms with Gasteiger partial charge in [0.15, 0.2) is 11.5 Å². The van der Waals surface area contributed by atoms with Crippen molar-refractivity contribution in [1.82, 2.24) is 0 Å². The van der Waals surface area contributed by atoms with Gasteiger partial charge in [-0.05, 0) is 0 Å². The molecule has 0 spiro atoms. The van der Waals surface area contributed by atoms with Gasteiger partial charge in [-0.15, -0.1) is 11.3 Å². The Morgan fingerprint density at radius 3 is 2.10 bits per heavy atom. The quantitative estimate of drug-likeness (QED) is 0.633. The smallest absolute Gasteiger partial charge is 0.172 e. The van der Waals surface area contributed by atoms with E-state index < -0.39 is 0 Å². The van der Waals surface area contributed by atoms with Crippen LogP contribution in [-0.4, -0.2) is 13.2 Å². The first-order valence-corrected chi connectivity index (χ1v) is 3.73. The van der Waals surface area contributed by atoms with Gasteiger partial charge in [-0.1, -0.05) is 0 Å². The van der Waals surface area contributed by atoms with Crippen molar-refractivity contribution in [3.05, 3.63) is 10.8 Å². The first kappa shape index (κ1) is 7.91. The standard InChI is InChI=1S/C6H6O2S.Co/c1-2-8-6-4-9-3-5(6)7-1;/h3-4H,1-2H2;. The number of fused-ring (bicyclic) bond motifs is 1. The van der Waals surface area contributed by atoms with Gasteiger partial charge in [-0.3, -0.25) is 0 Å². The van der Waals surface area contributed by atoms with Gasteiger partial charge >= 0.3 is 0 Å². The van der Waals surface area contributed by atoms with Crippen LogP contribution in [0.1, 0.15) is 0 Å². The predicted molar refractivity (Wildman–Crippen MR) is 35.3 cm³/mol. The Kier molecular flexibility index (Phi) is 2.59. The minimum atomic E-state index is 0. The van der Waals surface area contributed by atoms with Crippen molar-refractivity contribution in [1.29, 1.82) is 0 Å². The van der Waals surface area contributed by atoms with Crippen molar-refractivity contribution in [2.75, 3.05) is 13.2 Å². The van der Waals surface area contributed by atoms with E-state index in [9.17, 15) is 0 Å². The predicted octanol–water partition coefficient (Wildman–Crippen LogP) is 1.52. The Morgan fingerprint density at radius 2 is 1.60 bits per heavy atom. The zero-order valence-corrected chi connectivity index (χ0v) is 6.98. The number of hydrogen-bond donors (Lipinski definition) is 0.